The molecule has 1 fully saturated rings. The van der Waals surface area contributed by atoms with Gasteiger partial charge in [-0.25, -0.2) is 4.79 Å². The predicted molar refractivity (Wildman–Crippen MR) is 108 cm³/mol. The Morgan fingerprint density at radius 3 is 2.41 bits per heavy atom. The van der Waals surface area contributed by atoms with E-state index in [1.807, 2.05) is 26.8 Å². The lowest BCUT2D eigenvalue weighted by atomic mass is 10.0. The summed E-state index contributed by atoms with van der Waals surface area (Å²) in [5, 5.41) is 0. The summed E-state index contributed by atoms with van der Waals surface area (Å²) in [7, 11) is 0. The summed E-state index contributed by atoms with van der Waals surface area (Å²) in [6.07, 6.45) is 0.630. The second-order valence-corrected chi connectivity index (χ2v) is 9.92. The van der Waals surface area contributed by atoms with Gasteiger partial charge < -0.3 is 23.3 Å². The summed E-state index contributed by atoms with van der Waals surface area (Å²) < 4.78 is 28.6. The molecule has 152 valence electrons. The summed E-state index contributed by atoms with van der Waals surface area (Å²) in [4.78, 5) is 12.2. The molecular formula is C19H29O6PS. The van der Waals surface area contributed by atoms with Gasteiger partial charge in [-0.15, -0.1) is 0 Å². The predicted octanol–water partition coefficient (Wildman–Crippen LogP) is 3.99. The highest BCUT2D eigenvalue weighted by Gasteiger charge is 2.40. The standard InChI is InChI=1S/C19H29O6PS/c1-4-21-18-12-16(14-26(27,23-5-2)24-6-3)17(25-18)13-22-19(20)15-10-8-7-9-11-15/h7-11,16-18H,4-6,12-14H2,1-3H3/t16-,17-,18+/m1/s1. The minimum atomic E-state index is -2.40. The third kappa shape index (κ3) is 6.93. The smallest absolute Gasteiger partial charge is 0.338 e. The zero-order chi connectivity index (χ0) is 19.7. The van der Waals surface area contributed by atoms with Crippen molar-refractivity contribution in [1.29, 1.82) is 0 Å². The number of carbonyl (C=O) groups is 1. The Morgan fingerprint density at radius 2 is 1.81 bits per heavy atom. The van der Waals surface area contributed by atoms with E-state index in [4.69, 9.17) is 35.1 Å². The van der Waals surface area contributed by atoms with Crippen LogP contribution in [0, 0.1) is 5.92 Å². The van der Waals surface area contributed by atoms with Crippen molar-refractivity contribution in [3.05, 3.63) is 35.9 Å². The van der Waals surface area contributed by atoms with Gasteiger partial charge in [0.05, 0.1) is 24.9 Å². The van der Waals surface area contributed by atoms with Crippen molar-refractivity contribution < 1.29 is 28.1 Å². The number of benzene rings is 1. The van der Waals surface area contributed by atoms with Crippen LogP contribution in [0.25, 0.3) is 0 Å². The SMILES string of the molecule is CCO[C@@H]1C[C@H](CP(=S)(OCC)OCC)[C@@H](COC(=O)c2ccccc2)O1. The van der Waals surface area contributed by atoms with Crippen LogP contribution in [0.2, 0.25) is 0 Å². The van der Waals surface area contributed by atoms with Crippen LogP contribution in [0.5, 0.6) is 0 Å². The normalized spacial score (nSPS) is 22.7. The molecule has 3 atom stereocenters. The monoisotopic (exact) mass is 416 g/mol. The van der Waals surface area contributed by atoms with Crippen LogP contribution in [0.1, 0.15) is 37.6 Å². The lowest BCUT2D eigenvalue weighted by Crippen LogP contribution is -2.27. The molecule has 0 saturated carbocycles. The molecule has 1 aliphatic heterocycles. The van der Waals surface area contributed by atoms with Crippen molar-refractivity contribution in [2.24, 2.45) is 5.92 Å². The Balaban J connectivity index is 2.01. The Morgan fingerprint density at radius 1 is 1.15 bits per heavy atom. The Kier molecular flexibility index (Phi) is 9.36. The maximum absolute atomic E-state index is 12.2. The van der Waals surface area contributed by atoms with Crippen LogP contribution < -0.4 is 0 Å². The second-order valence-electron chi connectivity index (χ2n) is 6.15. The summed E-state index contributed by atoms with van der Waals surface area (Å²) in [6, 6.07) is 8.91. The summed E-state index contributed by atoms with van der Waals surface area (Å²) in [5.74, 6) is -0.319. The number of hydrogen-bond acceptors (Lipinski definition) is 7. The number of esters is 1. The molecule has 0 N–H and O–H groups in total. The Labute approximate surface area is 166 Å². The van der Waals surface area contributed by atoms with E-state index in [1.165, 1.54) is 0 Å². The first kappa shape index (κ1) is 22.5. The first-order valence-electron chi connectivity index (χ1n) is 9.38. The number of rotatable bonds is 11. The maximum Gasteiger partial charge on any atom is 0.338 e. The topological polar surface area (TPSA) is 63.2 Å². The van der Waals surface area contributed by atoms with E-state index in [2.05, 4.69) is 0 Å². The molecule has 0 amide bonds. The van der Waals surface area contributed by atoms with E-state index >= 15 is 0 Å². The van der Waals surface area contributed by atoms with Gasteiger partial charge in [-0.2, -0.15) is 0 Å². The van der Waals surface area contributed by atoms with E-state index in [0.717, 1.165) is 0 Å². The van der Waals surface area contributed by atoms with E-state index in [-0.39, 0.29) is 30.9 Å². The van der Waals surface area contributed by atoms with Crippen molar-refractivity contribution in [3.8, 4) is 0 Å². The quantitative estimate of drug-likeness (QED) is 0.399. The molecule has 0 aromatic heterocycles. The highest BCUT2D eigenvalue weighted by molar-refractivity contribution is 8.09. The zero-order valence-electron chi connectivity index (χ0n) is 16.2. The number of carbonyl (C=O) groups excluding carboxylic acids is 1. The minimum Gasteiger partial charge on any atom is -0.459 e. The molecule has 6 nitrogen and oxygen atoms in total. The van der Waals surface area contributed by atoms with Gasteiger partial charge in [-0.3, -0.25) is 0 Å². The van der Waals surface area contributed by atoms with E-state index in [0.29, 0.717) is 38.0 Å². The van der Waals surface area contributed by atoms with Crippen molar-refractivity contribution in [1.82, 2.24) is 0 Å². The fraction of sp³-hybridized carbons (Fsp3) is 0.632. The minimum absolute atomic E-state index is 0.0501. The van der Waals surface area contributed by atoms with Gasteiger partial charge in [-0.1, -0.05) is 18.2 Å². The van der Waals surface area contributed by atoms with Crippen LogP contribution in [-0.4, -0.2) is 51.0 Å². The van der Waals surface area contributed by atoms with Gasteiger partial charge in [0.2, 0.25) is 0 Å². The van der Waals surface area contributed by atoms with E-state index in [1.54, 1.807) is 24.3 Å². The molecule has 1 aliphatic rings. The summed E-state index contributed by atoms with van der Waals surface area (Å²) >= 11 is 5.67. The van der Waals surface area contributed by atoms with E-state index in [9.17, 15) is 4.79 Å². The highest BCUT2D eigenvalue weighted by atomic mass is 32.5. The van der Waals surface area contributed by atoms with Gasteiger partial charge >= 0.3 is 5.97 Å². The molecule has 0 aliphatic carbocycles. The van der Waals surface area contributed by atoms with Crippen molar-refractivity contribution in [3.63, 3.8) is 0 Å². The van der Waals surface area contributed by atoms with Crippen molar-refractivity contribution in [2.75, 3.05) is 32.6 Å². The summed E-state index contributed by atoms with van der Waals surface area (Å²) in [5.41, 5.74) is 0.516. The third-order valence-electron chi connectivity index (χ3n) is 4.20. The van der Waals surface area contributed by atoms with Crippen molar-refractivity contribution >= 4 is 24.3 Å². The van der Waals surface area contributed by atoms with Crippen LogP contribution in [-0.2, 0) is 35.1 Å². The Bertz CT molecular complexity index is 616. The molecule has 0 unspecified atom stereocenters. The number of ether oxygens (including phenoxy) is 3. The summed E-state index contributed by atoms with van der Waals surface area (Å²) in [6.45, 7) is 5.06. The molecule has 27 heavy (non-hydrogen) atoms. The van der Waals surface area contributed by atoms with Gasteiger partial charge in [0.25, 0.3) is 0 Å². The first-order chi connectivity index (χ1) is 13.0. The molecule has 1 aromatic rings. The highest BCUT2D eigenvalue weighted by Crippen LogP contribution is 2.52. The van der Waals surface area contributed by atoms with Crippen LogP contribution in [0.3, 0.4) is 0 Å². The molecular weight excluding hydrogens is 387 g/mol. The lowest BCUT2D eigenvalue weighted by Gasteiger charge is -2.26. The molecule has 0 spiro atoms. The Hall–Kier alpha value is -0.820. The molecule has 0 bridgehead atoms. The molecule has 1 saturated heterocycles. The van der Waals surface area contributed by atoms with Gasteiger partial charge in [0, 0.05) is 25.1 Å². The molecule has 8 heteroatoms. The molecule has 1 aromatic carbocycles. The van der Waals surface area contributed by atoms with E-state index < -0.39 is 6.49 Å². The van der Waals surface area contributed by atoms with Crippen LogP contribution >= 0.6 is 6.49 Å². The molecule has 2 rings (SSSR count). The average molecular weight is 416 g/mol. The van der Waals surface area contributed by atoms with Crippen LogP contribution in [0.15, 0.2) is 30.3 Å². The first-order valence-corrected chi connectivity index (χ1v) is 12.2. The third-order valence-corrected chi connectivity index (χ3v) is 7.50. The van der Waals surface area contributed by atoms with Crippen LogP contribution in [0.4, 0.5) is 0 Å². The largest absolute Gasteiger partial charge is 0.459 e. The lowest BCUT2D eigenvalue weighted by molar-refractivity contribution is -0.139. The average Bonchev–Trinajstić information content (AvgIpc) is 3.02. The molecule has 1 heterocycles. The van der Waals surface area contributed by atoms with Crippen molar-refractivity contribution in [2.45, 2.75) is 39.6 Å². The van der Waals surface area contributed by atoms with Gasteiger partial charge in [0.1, 0.15) is 6.61 Å². The van der Waals surface area contributed by atoms with Gasteiger partial charge in [-0.05, 0) is 44.7 Å². The fourth-order valence-electron chi connectivity index (χ4n) is 3.06. The zero-order valence-corrected chi connectivity index (χ0v) is 17.9. The fourth-order valence-corrected chi connectivity index (χ4v) is 6.30. The second kappa shape index (κ2) is 11.2. The maximum atomic E-state index is 12.2. The molecule has 0 radical (unpaired) electrons. The van der Waals surface area contributed by atoms with Gasteiger partial charge in [0.15, 0.2) is 12.8 Å². The number of hydrogen-bond donors (Lipinski definition) is 0.